The van der Waals surface area contributed by atoms with Gasteiger partial charge in [-0.15, -0.1) is 0 Å². The van der Waals surface area contributed by atoms with Gasteiger partial charge in [-0.1, -0.05) is 45.0 Å². The average Bonchev–Trinajstić information content (AvgIpc) is 2.87. The van der Waals surface area contributed by atoms with Gasteiger partial charge in [0, 0.05) is 0 Å². The summed E-state index contributed by atoms with van der Waals surface area (Å²) in [6, 6.07) is 2.81. The third kappa shape index (κ3) is 4.44. The Morgan fingerprint density at radius 3 is 2.17 bits per heavy atom. The summed E-state index contributed by atoms with van der Waals surface area (Å²) in [4.78, 5) is 12.8. The highest BCUT2D eigenvalue weighted by molar-refractivity contribution is 7.89. The van der Waals surface area contributed by atoms with Gasteiger partial charge in [-0.2, -0.15) is 4.31 Å². The van der Waals surface area contributed by atoms with E-state index in [1.165, 1.54) is 6.08 Å². The number of carbonyl (C=O) groups excluding carboxylic acids is 1. The number of nitrogens with zero attached hydrogens (tertiary/aromatic N) is 1. The number of amides is 1. The summed E-state index contributed by atoms with van der Waals surface area (Å²) >= 11 is 0. The van der Waals surface area contributed by atoms with Crippen LogP contribution in [-0.2, 0) is 19.2 Å². The molecule has 0 N–H and O–H groups in total. The number of rotatable bonds is 6. The maximum atomic E-state index is 13.5. The van der Waals surface area contributed by atoms with E-state index in [4.69, 9.17) is 9.16 Å². The van der Waals surface area contributed by atoms with E-state index in [0.29, 0.717) is 11.1 Å². The van der Waals surface area contributed by atoms with Crippen molar-refractivity contribution < 1.29 is 22.4 Å². The van der Waals surface area contributed by atoms with Gasteiger partial charge in [0.05, 0.1) is 11.5 Å². The fraction of sp³-hybridized carbons (Fsp3) is 0.571. The van der Waals surface area contributed by atoms with Crippen LogP contribution in [-0.4, -0.2) is 45.9 Å². The minimum Gasteiger partial charge on any atom is -0.439 e. The zero-order chi connectivity index (χ0) is 22.4. The Labute approximate surface area is 176 Å². The number of cyclic esters (lactones) is 1. The molecule has 6 nitrogen and oxygen atoms in total. The van der Waals surface area contributed by atoms with Gasteiger partial charge in [0.15, 0.2) is 8.32 Å². The normalized spacial score (nSPS) is 20.7. The van der Waals surface area contributed by atoms with E-state index < -0.39 is 36.6 Å². The molecule has 2 rings (SSSR count). The van der Waals surface area contributed by atoms with E-state index in [1.54, 1.807) is 26.0 Å². The van der Waals surface area contributed by atoms with E-state index >= 15 is 0 Å². The topological polar surface area (TPSA) is 72.9 Å². The van der Waals surface area contributed by atoms with Crippen molar-refractivity contribution in [3.63, 3.8) is 0 Å². The van der Waals surface area contributed by atoms with E-state index in [2.05, 4.69) is 40.4 Å². The van der Waals surface area contributed by atoms with Crippen LogP contribution < -0.4 is 0 Å². The van der Waals surface area contributed by atoms with Crippen molar-refractivity contribution in [2.24, 2.45) is 0 Å². The van der Waals surface area contributed by atoms with Crippen LogP contribution in [0.5, 0.6) is 0 Å². The van der Waals surface area contributed by atoms with E-state index in [1.807, 2.05) is 6.92 Å². The number of hydrogen-bond acceptors (Lipinski definition) is 5. The van der Waals surface area contributed by atoms with Gasteiger partial charge < -0.3 is 9.16 Å². The van der Waals surface area contributed by atoms with Gasteiger partial charge in [0.2, 0.25) is 0 Å². The van der Waals surface area contributed by atoms with Crippen molar-refractivity contribution in [3.05, 3.63) is 41.5 Å². The predicted molar refractivity (Wildman–Crippen MR) is 117 cm³/mol. The largest absolute Gasteiger partial charge is 0.439 e. The molecule has 8 heteroatoms. The molecule has 0 aromatic heterocycles. The number of hydrogen-bond donors (Lipinski definition) is 0. The van der Waals surface area contributed by atoms with Crippen LogP contribution in [0.25, 0.3) is 0 Å². The lowest BCUT2D eigenvalue weighted by atomic mass is 10.1. The van der Waals surface area contributed by atoms with Crippen molar-refractivity contribution >= 4 is 24.4 Å². The Morgan fingerprint density at radius 2 is 1.72 bits per heavy atom. The Kier molecular flexibility index (Phi) is 6.43. The zero-order valence-electron chi connectivity index (χ0n) is 18.7. The molecular formula is C21H33NO5SSi. The molecule has 0 spiro atoms. The first kappa shape index (κ1) is 23.6. The molecule has 0 radical (unpaired) electrons. The fourth-order valence-corrected chi connectivity index (χ4v) is 6.27. The number of benzene rings is 1. The molecule has 2 atom stereocenters. The van der Waals surface area contributed by atoms with E-state index in [0.717, 1.165) is 9.87 Å². The zero-order valence-corrected chi connectivity index (χ0v) is 20.5. The van der Waals surface area contributed by atoms with Crippen LogP contribution >= 0.6 is 0 Å². The summed E-state index contributed by atoms with van der Waals surface area (Å²) in [5, 5.41) is -0.0476. The van der Waals surface area contributed by atoms with Gasteiger partial charge in [-0.3, -0.25) is 0 Å². The molecule has 0 bridgehead atoms. The molecule has 1 aromatic carbocycles. The van der Waals surface area contributed by atoms with E-state index in [-0.39, 0.29) is 16.5 Å². The maximum absolute atomic E-state index is 13.5. The van der Waals surface area contributed by atoms with Crippen LogP contribution in [0.1, 0.15) is 37.5 Å². The summed E-state index contributed by atoms with van der Waals surface area (Å²) in [7, 11) is -6.27. The lowest BCUT2D eigenvalue weighted by Gasteiger charge is -2.37. The van der Waals surface area contributed by atoms with Crippen LogP contribution in [0.4, 0.5) is 4.79 Å². The summed E-state index contributed by atoms with van der Waals surface area (Å²) in [5.41, 5.74) is 2.16. The Balaban J connectivity index is 2.48. The molecule has 162 valence electrons. The fourth-order valence-electron chi connectivity index (χ4n) is 3.34. The van der Waals surface area contributed by atoms with Crippen molar-refractivity contribution in [2.45, 2.75) is 76.7 Å². The number of ether oxygens (including phenoxy) is 1. The van der Waals surface area contributed by atoms with Gasteiger partial charge in [-0.05, 0) is 56.1 Å². The molecule has 29 heavy (non-hydrogen) atoms. The van der Waals surface area contributed by atoms with Gasteiger partial charge in [0.25, 0.3) is 10.0 Å². The summed E-state index contributed by atoms with van der Waals surface area (Å²) < 4.78 is 39.5. The molecule has 1 aromatic rings. The number of carbonyl (C=O) groups is 1. The van der Waals surface area contributed by atoms with E-state index in [9.17, 15) is 13.2 Å². The maximum Gasteiger partial charge on any atom is 0.425 e. The quantitative estimate of drug-likeness (QED) is 0.475. The highest BCUT2D eigenvalue weighted by atomic mass is 32.2. The van der Waals surface area contributed by atoms with Crippen molar-refractivity contribution in [3.8, 4) is 0 Å². The van der Waals surface area contributed by atoms with Gasteiger partial charge in [-0.25, -0.2) is 13.2 Å². The minimum absolute atomic E-state index is 0.0476. The summed E-state index contributed by atoms with van der Waals surface area (Å²) in [5.74, 6) is 0. The SMILES string of the molecule is C=C[C@H]1OC(=O)N(S(=O)(=O)c2c(C)cc(C)cc2C)[C@H]1CO[Si](C)(C)C(C)(C)C. The predicted octanol–water partition coefficient (Wildman–Crippen LogP) is 4.70. The first-order valence-corrected chi connectivity index (χ1v) is 14.1. The Hall–Kier alpha value is -1.64. The summed E-state index contributed by atoms with van der Waals surface area (Å²) in [6.45, 7) is 19.6. The smallest absolute Gasteiger partial charge is 0.425 e. The summed E-state index contributed by atoms with van der Waals surface area (Å²) in [6.07, 6.45) is -0.187. The first-order chi connectivity index (χ1) is 13.1. The molecule has 1 fully saturated rings. The van der Waals surface area contributed by atoms with Crippen molar-refractivity contribution in [1.82, 2.24) is 4.31 Å². The number of sulfonamides is 1. The molecule has 1 aliphatic rings. The minimum atomic E-state index is -4.11. The molecule has 1 heterocycles. The second kappa shape index (κ2) is 7.89. The Bertz CT molecular complexity index is 894. The van der Waals surface area contributed by atoms with Crippen LogP contribution in [0.3, 0.4) is 0 Å². The standard InChI is InChI=1S/C21H33NO5SSi/c1-10-18-17(13-26-29(8,9)21(5,6)7)22(20(23)27-18)28(24,25)19-15(3)11-14(2)12-16(19)4/h10-12,17-18H,1,13H2,2-9H3/t17-,18+/m0/s1. The highest BCUT2D eigenvalue weighted by Crippen LogP contribution is 2.38. The number of aryl methyl sites for hydroxylation is 3. The molecule has 0 aliphatic carbocycles. The third-order valence-corrected chi connectivity index (χ3v) is 12.5. The van der Waals surface area contributed by atoms with Gasteiger partial charge in [0.1, 0.15) is 12.1 Å². The van der Waals surface area contributed by atoms with Crippen LogP contribution in [0.2, 0.25) is 18.1 Å². The second-order valence-electron chi connectivity index (χ2n) is 9.25. The van der Waals surface area contributed by atoms with Gasteiger partial charge >= 0.3 is 6.09 Å². The van der Waals surface area contributed by atoms with Crippen LogP contribution in [0, 0.1) is 20.8 Å². The molecule has 0 unspecified atom stereocenters. The lowest BCUT2D eigenvalue weighted by molar-refractivity contribution is 0.144. The lowest BCUT2D eigenvalue weighted by Crippen LogP contribution is -2.48. The van der Waals surface area contributed by atoms with Crippen LogP contribution in [0.15, 0.2) is 29.7 Å². The van der Waals surface area contributed by atoms with Crippen molar-refractivity contribution in [2.75, 3.05) is 6.61 Å². The Morgan fingerprint density at radius 1 is 1.21 bits per heavy atom. The highest BCUT2D eigenvalue weighted by Gasteiger charge is 2.50. The second-order valence-corrected chi connectivity index (χ2v) is 15.8. The third-order valence-electron chi connectivity index (χ3n) is 5.87. The monoisotopic (exact) mass is 439 g/mol. The molecule has 1 aliphatic heterocycles. The molecule has 1 saturated heterocycles. The van der Waals surface area contributed by atoms with Crippen molar-refractivity contribution in [1.29, 1.82) is 0 Å². The average molecular weight is 440 g/mol. The molecule has 0 saturated carbocycles. The first-order valence-electron chi connectivity index (χ1n) is 9.73. The molecule has 1 amide bonds. The molecular weight excluding hydrogens is 406 g/mol.